The molecular formula is C16H33N5O2. The molecule has 0 aromatic carbocycles. The van der Waals surface area contributed by atoms with Crippen LogP contribution in [0.3, 0.4) is 0 Å². The van der Waals surface area contributed by atoms with Crippen LogP contribution in [0.25, 0.3) is 0 Å². The molecule has 0 aliphatic heterocycles. The maximum absolute atomic E-state index is 12.2. The second-order valence-corrected chi connectivity index (χ2v) is 5.26. The molecule has 0 atom stereocenters. The molecule has 0 unspecified atom stereocenters. The minimum absolute atomic E-state index is 0.00770. The summed E-state index contributed by atoms with van der Waals surface area (Å²) in [6.07, 6.45) is 1.28. The van der Waals surface area contributed by atoms with Gasteiger partial charge in [-0.15, -0.1) is 0 Å². The van der Waals surface area contributed by atoms with Crippen LogP contribution in [0.5, 0.6) is 0 Å². The fraction of sp³-hybridized carbons (Fsp3) is 0.812. The number of carbonyl (C=O) groups is 2. The van der Waals surface area contributed by atoms with Gasteiger partial charge in [-0.1, -0.05) is 6.92 Å². The van der Waals surface area contributed by atoms with E-state index in [2.05, 4.69) is 15.6 Å². The lowest BCUT2D eigenvalue weighted by atomic mass is 10.4. The van der Waals surface area contributed by atoms with Crippen molar-refractivity contribution in [3.05, 3.63) is 0 Å². The molecule has 7 heteroatoms. The standard InChI is InChI=1S/C16H33N5O2/c1-6-11-18-14(22)10-12-19-16(17-7-2)20(5)13-15(23)21(8-3)9-4/h6-13H2,1-5H3,(H,17,19)(H,18,22). The van der Waals surface area contributed by atoms with E-state index in [0.717, 1.165) is 6.42 Å². The summed E-state index contributed by atoms with van der Waals surface area (Å²) in [5.74, 6) is 0.730. The Kier molecular flexibility index (Phi) is 11.7. The number of hydrogen-bond acceptors (Lipinski definition) is 3. The van der Waals surface area contributed by atoms with Gasteiger partial charge in [0.1, 0.15) is 0 Å². The molecule has 0 spiro atoms. The maximum Gasteiger partial charge on any atom is 0.242 e. The third kappa shape index (κ3) is 9.05. The van der Waals surface area contributed by atoms with Crippen molar-refractivity contribution in [3.8, 4) is 0 Å². The van der Waals surface area contributed by atoms with E-state index in [-0.39, 0.29) is 18.4 Å². The molecule has 7 nitrogen and oxygen atoms in total. The second kappa shape index (κ2) is 12.7. The van der Waals surface area contributed by atoms with Gasteiger partial charge in [0.2, 0.25) is 11.8 Å². The van der Waals surface area contributed by atoms with Crippen molar-refractivity contribution >= 4 is 17.8 Å². The highest BCUT2D eigenvalue weighted by atomic mass is 16.2. The van der Waals surface area contributed by atoms with Crippen LogP contribution >= 0.6 is 0 Å². The molecule has 0 aliphatic rings. The summed E-state index contributed by atoms with van der Waals surface area (Å²) in [5, 5.41) is 5.98. The van der Waals surface area contributed by atoms with Gasteiger partial charge in [0.15, 0.2) is 5.96 Å². The predicted molar refractivity (Wildman–Crippen MR) is 94.5 cm³/mol. The molecule has 0 saturated carbocycles. The van der Waals surface area contributed by atoms with Crippen LogP contribution in [-0.4, -0.2) is 73.9 Å². The number of rotatable bonds is 10. The molecule has 0 aliphatic carbocycles. The van der Waals surface area contributed by atoms with Crippen LogP contribution < -0.4 is 10.6 Å². The lowest BCUT2D eigenvalue weighted by molar-refractivity contribution is -0.131. The summed E-state index contributed by atoms with van der Waals surface area (Å²) >= 11 is 0. The number of likely N-dealkylation sites (N-methyl/N-ethyl adjacent to an activating group) is 2. The molecule has 0 aromatic heterocycles. The zero-order valence-electron chi connectivity index (χ0n) is 15.3. The number of aliphatic imine (C=N–C) groups is 1. The van der Waals surface area contributed by atoms with Crippen LogP contribution in [0, 0.1) is 0 Å². The Morgan fingerprint density at radius 3 is 2.22 bits per heavy atom. The number of nitrogens with zero attached hydrogens (tertiary/aromatic N) is 3. The number of amides is 2. The Hall–Kier alpha value is -1.79. The van der Waals surface area contributed by atoms with Gasteiger partial charge in [-0.25, -0.2) is 0 Å². The largest absolute Gasteiger partial charge is 0.357 e. The van der Waals surface area contributed by atoms with Gasteiger partial charge in [-0.3, -0.25) is 14.6 Å². The SMILES string of the molecule is CCCNC(=O)CCN=C(NCC)N(C)CC(=O)N(CC)CC. The van der Waals surface area contributed by atoms with Crippen molar-refractivity contribution in [2.24, 2.45) is 4.99 Å². The first-order valence-electron chi connectivity index (χ1n) is 8.53. The highest BCUT2D eigenvalue weighted by molar-refractivity contribution is 5.86. The van der Waals surface area contributed by atoms with Crippen molar-refractivity contribution in [2.75, 3.05) is 46.3 Å². The zero-order valence-corrected chi connectivity index (χ0v) is 15.3. The highest BCUT2D eigenvalue weighted by Gasteiger charge is 2.14. The van der Waals surface area contributed by atoms with E-state index < -0.39 is 0 Å². The second-order valence-electron chi connectivity index (χ2n) is 5.26. The van der Waals surface area contributed by atoms with Crippen molar-refractivity contribution in [2.45, 2.75) is 40.5 Å². The van der Waals surface area contributed by atoms with Crippen LogP contribution in [0.1, 0.15) is 40.5 Å². The molecule has 0 fully saturated rings. The van der Waals surface area contributed by atoms with Gasteiger partial charge in [0.25, 0.3) is 0 Å². The van der Waals surface area contributed by atoms with Crippen molar-refractivity contribution in [1.82, 2.24) is 20.4 Å². The molecule has 134 valence electrons. The summed E-state index contributed by atoms with van der Waals surface area (Å²) in [5.41, 5.74) is 0. The highest BCUT2D eigenvalue weighted by Crippen LogP contribution is 1.94. The van der Waals surface area contributed by atoms with Gasteiger partial charge in [0.05, 0.1) is 13.1 Å². The van der Waals surface area contributed by atoms with Crippen molar-refractivity contribution in [1.29, 1.82) is 0 Å². The molecule has 0 heterocycles. The molecule has 0 bridgehead atoms. The summed E-state index contributed by atoms with van der Waals surface area (Å²) < 4.78 is 0. The fourth-order valence-corrected chi connectivity index (χ4v) is 2.04. The van der Waals surface area contributed by atoms with E-state index in [9.17, 15) is 9.59 Å². The first kappa shape index (κ1) is 21.2. The van der Waals surface area contributed by atoms with E-state index in [1.807, 2.05) is 34.7 Å². The van der Waals surface area contributed by atoms with Gasteiger partial charge in [-0.2, -0.15) is 0 Å². The fourth-order valence-electron chi connectivity index (χ4n) is 2.04. The molecular weight excluding hydrogens is 294 g/mol. The van der Waals surface area contributed by atoms with E-state index >= 15 is 0 Å². The Morgan fingerprint density at radius 2 is 1.70 bits per heavy atom. The number of guanidine groups is 1. The number of nitrogens with one attached hydrogen (secondary N) is 2. The third-order valence-electron chi connectivity index (χ3n) is 3.36. The first-order valence-corrected chi connectivity index (χ1v) is 8.53. The van der Waals surface area contributed by atoms with Gasteiger partial charge in [0, 0.05) is 39.6 Å². The predicted octanol–water partition coefficient (Wildman–Crippen LogP) is 0.668. The first-order chi connectivity index (χ1) is 11.0. The van der Waals surface area contributed by atoms with Crippen molar-refractivity contribution in [3.63, 3.8) is 0 Å². The number of carbonyl (C=O) groups excluding carboxylic acids is 2. The molecule has 0 saturated heterocycles. The van der Waals surface area contributed by atoms with Crippen LogP contribution in [0.15, 0.2) is 4.99 Å². The molecule has 0 rings (SSSR count). The molecule has 0 radical (unpaired) electrons. The van der Waals surface area contributed by atoms with Crippen LogP contribution in [0.2, 0.25) is 0 Å². The Morgan fingerprint density at radius 1 is 1.04 bits per heavy atom. The monoisotopic (exact) mass is 327 g/mol. The van der Waals surface area contributed by atoms with E-state index in [1.165, 1.54) is 0 Å². The van der Waals surface area contributed by atoms with E-state index in [4.69, 9.17) is 0 Å². The lowest BCUT2D eigenvalue weighted by Gasteiger charge is -2.25. The summed E-state index contributed by atoms with van der Waals surface area (Å²) in [6.45, 7) is 11.4. The van der Waals surface area contributed by atoms with E-state index in [0.29, 0.717) is 45.1 Å². The minimum atomic E-state index is 0.00770. The average molecular weight is 327 g/mol. The number of hydrogen-bond donors (Lipinski definition) is 2. The Bertz CT molecular complexity index is 381. The summed E-state index contributed by atoms with van der Waals surface area (Å²) in [4.78, 5) is 31.8. The minimum Gasteiger partial charge on any atom is -0.357 e. The topological polar surface area (TPSA) is 77.0 Å². The Balaban J connectivity index is 4.54. The van der Waals surface area contributed by atoms with Gasteiger partial charge in [-0.05, 0) is 27.2 Å². The zero-order chi connectivity index (χ0) is 17.7. The average Bonchev–Trinajstić information content (AvgIpc) is 2.53. The molecule has 2 amide bonds. The van der Waals surface area contributed by atoms with Crippen LogP contribution in [-0.2, 0) is 9.59 Å². The molecule has 23 heavy (non-hydrogen) atoms. The Labute approximate surface area is 140 Å². The molecule has 2 N–H and O–H groups in total. The van der Waals surface area contributed by atoms with Gasteiger partial charge >= 0.3 is 0 Å². The molecule has 0 aromatic rings. The lowest BCUT2D eigenvalue weighted by Crippen LogP contribution is -2.45. The maximum atomic E-state index is 12.2. The normalized spacial score (nSPS) is 11.1. The summed E-state index contributed by atoms with van der Waals surface area (Å²) in [7, 11) is 1.83. The van der Waals surface area contributed by atoms with Gasteiger partial charge < -0.3 is 20.4 Å². The quantitative estimate of drug-likeness (QED) is 0.457. The van der Waals surface area contributed by atoms with Crippen molar-refractivity contribution < 1.29 is 9.59 Å². The summed E-state index contributed by atoms with van der Waals surface area (Å²) in [6, 6.07) is 0. The smallest absolute Gasteiger partial charge is 0.242 e. The van der Waals surface area contributed by atoms with Crippen LogP contribution in [0.4, 0.5) is 0 Å². The third-order valence-corrected chi connectivity index (χ3v) is 3.36. The van der Waals surface area contributed by atoms with E-state index in [1.54, 1.807) is 9.80 Å².